The van der Waals surface area contributed by atoms with Gasteiger partial charge in [0.2, 0.25) is 5.88 Å². The van der Waals surface area contributed by atoms with Crippen molar-refractivity contribution in [2.24, 2.45) is 0 Å². The molecule has 0 N–H and O–H groups in total. The molecule has 0 aliphatic heterocycles. The molecule has 1 heterocycles. The molecule has 0 spiro atoms. The van der Waals surface area contributed by atoms with Crippen LogP contribution in [0.25, 0.3) is 11.1 Å². The molecule has 1 aromatic heterocycles. The van der Waals surface area contributed by atoms with Crippen LogP contribution in [-0.4, -0.2) is 4.98 Å². The van der Waals surface area contributed by atoms with E-state index in [2.05, 4.69) is 4.98 Å². The molecule has 2 nitrogen and oxygen atoms in total. The Morgan fingerprint density at radius 3 is 2.10 bits per heavy atom. The molecule has 0 saturated heterocycles. The molecule has 0 amide bonds. The van der Waals surface area contributed by atoms with E-state index in [4.69, 9.17) is 16.3 Å². The van der Waals surface area contributed by atoms with Crippen molar-refractivity contribution in [2.45, 2.75) is 0 Å². The molecule has 0 saturated carbocycles. The number of hydrogen-bond donors (Lipinski definition) is 0. The summed E-state index contributed by atoms with van der Waals surface area (Å²) in [5.74, 6) is 1.13. The fourth-order valence-corrected chi connectivity index (χ4v) is 2.09. The van der Waals surface area contributed by atoms with E-state index in [1.807, 2.05) is 66.7 Å². The second-order valence-electron chi connectivity index (χ2n) is 4.29. The summed E-state index contributed by atoms with van der Waals surface area (Å²) in [6.45, 7) is 0. The average molecular weight is 282 g/mol. The fourth-order valence-electron chi connectivity index (χ4n) is 1.89. The maximum absolute atomic E-state index is 6.24. The van der Waals surface area contributed by atoms with Crippen molar-refractivity contribution in [1.29, 1.82) is 0 Å². The zero-order valence-corrected chi connectivity index (χ0v) is 11.4. The summed E-state index contributed by atoms with van der Waals surface area (Å²) in [5, 5.41) is 0.496. The van der Waals surface area contributed by atoms with E-state index in [9.17, 15) is 0 Å². The Balaban J connectivity index is 1.89. The second-order valence-corrected chi connectivity index (χ2v) is 4.70. The molecule has 0 aliphatic carbocycles. The van der Waals surface area contributed by atoms with Crippen molar-refractivity contribution in [3.63, 3.8) is 0 Å². The molecule has 0 atom stereocenters. The van der Waals surface area contributed by atoms with Gasteiger partial charge in [-0.15, -0.1) is 0 Å². The normalized spacial score (nSPS) is 10.2. The number of halogens is 1. The second kappa shape index (κ2) is 5.76. The van der Waals surface area contributed by atoms with Crippen molar-refractivity contribution in [1.82, 2.24) is 4.98 Å². The Morgan fingerprint density at radius 1 is 0.800 bits per heavy atom. The molecule has 0 unspecified atom stereocenters. The summed E-state index contributed by atoms with van der Waals surface area (Å²) in [6, 6.07) is 21.3. The molecule has 0 aliphatic rings. The van der Waals surface area contributed by atoms with Gasteiger partial charge in [0.25, 0.3) is 0 Å². The topological polar surface area (TPSA) is 22.1 Å². The van der Waals surface area contributed by atoms with Gasteiger partial charge in [-0.25, -0.2) is 4.98 Å². The quantitative estimate of drug-likeness (QED) is 0.659. The summed E-state index contributed by atoms with van der Waals surface area (Å²) in [5.41, 5.74) is 2.05. The highest BCUT2D eigenvalue weighted by Crippen LogP contribution is 2.30. The van der Waals surface area contributed by atoms with E-state index in [-0.39, 0.29) is 0 Å². The Bertz CT molecular complexity index is 699. The van der Waals surface area contributed by atoms with Crippen molar-refractivity contribution in [2.75, 3.05) is 0 Å². The van der Waals surface area contributed by atoms with Crippen molar-refractivity contribution >= 4 is 11.6 Å². The third-order valence-corrected chi connectivity index (χ3v) is 3.14. The largest absolute Gasteiger partial charge is 0.438 e. The standard InChI is InChI=1S/C17H12ClNO/c18-16-11-14(13-7-3-1-4-8-13)12-19-17(16)20-15-9-5-2-6-10-15/h1-12H. The van der Waals surface area contributed by atoms with Crippen LogP contribution < -0.4 is 4.74 Å². The molecule has 2 aromatic carbocycles. The summed E-state index contributed by atoms with van der Waals surface area (Å²) >= 11 is 6.24. The van der Waals surface area contributed by atoms with Gasteiger partial charge in [0.15, 0.2) is 0 Å². The van der Waals surface area contributed by atoms with Crippen molar-refractivity contribution in [3.05, 3.63) is 77.9 Å². The lowest BCUT2D eigenvalue weighted by molar-refractivity contribution is 0.463. The molecule has 3 rings (SSSR count). The fraction of sp³-hybridized carbons (Fsp3) is 0. The molecular weight excluding hydrogens is 270 g/mol. The minimum Gasteiger partial charge on any atom is -0.438 e. The van der Waals surface area contributed by atoms with Gasteiger partial charge >= 0.3 is 0 Å². The lowest BCUT2D eigenvalue weighted by atomic mass is 10.1. The number of para-hydroxylation sites is 1. The van der Waals surface area contributed by atoms with Gasteiger partial charge in [0.1, 0.15) is 10.8 Å². The average Bonchev–Trinajstić information content (AvgIpc) is 2.51. The monoisotopic (exact) mass is 281 g/mol. The van der Waals surface area contributed by atoms with E-state index < -0.39 is 0 Å². The Hall–Kier alpha value is -2.32. The molecule has 98 valence electrons. The minimum absolute atomic E-state index is 0.414. The Kier molecular flexibility index (Phi) is 3.66. The number of rotatable bonds is 3. The SMILES string of the molecule is Clc1cc(-c2ccccc2)cnc1Oc1ccccc1. The van der Waals surface area contributed by atoms with Crippen molar-refractivity contribution < 1.29 is 4.74 Å². The van der Waals surface area contributed by atoms with Crippen molar-refractivity contribution in [3.8, 4) is 22.8 Å². The van der Waals surface area contributed by atoms with Gasteiger partial charge in [-0.2, -0.15) is 0 Å². The van der Waals surface area contributed by atoms with E-state index in [0.29, 0.717) is 10.9 Å². The van der Waals surface area contributed by atoms with E-state index in [1.165, 1.54) is 0 Å². The lowest BCUT2D eigenvalue weighted by Gasteiger charge is -2.08. The number of hydrogen-bond acceptors (Lipinski definition) is 2. The van der Waals surface area contributed by atoms with Crippen LogP contribution in [0.1, 0.15) is 0 Å². The van der Waals surface area contributed by atoms with Crippen LogP contribution >= 0.6 is 11.6 Å². The molecule has 0 fully saturated rings. The van der Waals surface area contributed by atoms with Gasteiger partial charge in [-0.05, 0) is 23.8 Å². The lowest BCUT2D eigenvalue weighted by Crippen LogP contribution is -1.89. The van der Waals surface area contributed by atoms with E-state index in [1.54, 1.807) is 6.20 Å². The number of nitrogens with zero attached hydrogens (tertiary/aromatic N) is 1. The first kappa shape index (κ1) is 12.7. The zero-order valence-electron chi connectivity index (χ0n) is 10.7. The molecule has 20 heavy (non-hydrogen) atoms. The minimum atomic E-state index is 0.414. The van der Waals surface area contributed by atoms with Gasteiger partial charge in [0, 0.05) is 11.8 Å². The van der Waals surface area contributed by atoms with Crippen LogP contribution in [0.3, 0.4) is 0 Å². The Labute approximate surface area is 122 Å². The summed E-state index contributed by atoms with van der Waals surface area (Å²) in [7, 11) is 0. The first-order chi connectivity index (χ1) is 9.83. The zero-order chi connectivity index (χ0) is 13.8. The number of aromatic nitrogens is 1. The van der Waals surface area contributed by atoms with E-state index in [0.717, 1.165) is 16.9 Å². The van der Waals surface area contributed by atoms with Crippen LogP contribution in [0.5, 0.6) is 11.6 Å². The van der Waals surface area contributed by atoms with E-state index >= 15 is 0 Å². The summed E-state index contributed by atoms with van der Waals surface area (Å²) in [6.07, 6.45) is 1.76. The van der Waals surface area contributed by atoms with Crippen LogP contribution in [0.4, 0.5) is 0 Å². The first-order valence-electron chi connectivity index (χ1n) is 6.27. The molecule has 0 bridgehead atoms. The third kappa shape index (κ3) is 2.81. The predicted octanol–water partition coefficient (Wildman–Crippen LogP) is 5.19. The first-order valence-corrected chi connectivity index (χ1v) is 6.64. The van der Waals surface area contributed by atoms with Crippen LogP contribution in [0.15, 0.2) is 72.9 Å². The maximum Gasteiger partial charge on any atom is 0.238 e. The van der Waals surface area contributed by atoms with Crippen LogP contribution in [0, 0.1) is 0 Å². The highest BCUT2D eigenvalue weighted by atomic mass is 35.5. The number of ether oxygens (including phenoxy) is 1. The number of pyridine rings is 1. The summed E-state index contributed by atoms with van der Waals surface area (Å²) < 4.78 is 5.66. The molecule has 3 heteroatoms. The van der Waals surface area contributed by atoms with Gasteiger partial charge in [0.05, 0.1) is 0 Å². The highest BCUT2D eigenvalue weighted by Gasteiger charge is 2.07. The third-order valence-electron chi connectivity index (χ3n) is 2.87. The van der Waals surface area contributed by atoms with Crippen LogP contribution in [0.2, 0.25) is 5.02 Å². The van der Waals surface area contributed by atoms with Gasteiger partial charge < -0.3 is 4.74 Å². The Morgan fingerprint density at radius 2 is 1.45 bits per heavy atom. The van der Waals surface area contributed by atoms with Gasteiger partial charge in [-0.1, -0.05) is 60.1 Å². The molecular formula is C17H12ClNO. The summed E-state index contributed by atoms with van der Waals surface area (Å²) in [4.78, 5) is 4.30. The molecule has 0 radical (unpaired) electrons. The predicted molar refractivity (Wildman–Crippen MR) is 81.2 cm³/mol. The maximum atomic E-state index is 6.24. The molecule has 3 aromatic rings. The van der Waals surface area contributed by atoms with Crippen LogP contribution in [-0.2, 0) is 0 Å². The smallest absolute Gasteiger partial charge is 0.238 e. The van der Waals surface area contributed by atoms with Gasteiger partial charge in [-0.3, -0.25) is 0 Å². The highest BCUT2D eigenvalue weighted by molar-refractivity contribution is 6.32. The number of benzene rings is 2.